The molecule has 1 atom stereocenters. The van der Waals surface area contributed by atoms with Crippen molar-refractivity contribution in [2.75, 3.05) is 0 Å². The summed E-state index contributed by atoms with van der Waals surface area (Å²) in [5.41, 5.74) is 3.37. The van der Waals surface area contributed by atoms with E-state index in [1.807, 2.05) is 24.3 Å². The van der Waals surface area contributed by atoms with Crippen LogP contribution in [0, 0.1) is 3.57 Å². The summed E-state index contributed by atoms with van der Waals surface area (Å²) in [6.45, 7) is 1.66. The predicted molar refractivity (Wildman–Crippen MR) is 96.4 cm³/mol. The second kappa shape index (κ2) is 8.14. The van der Waals surface area contributed by atoms with Crippen LogP contribution in [0.15, 0.2) is 53.6 Å². The van der Waals surface area contributed by atoms with Crippen LogP contribution < -0.4 is 10.2 Å². The zero-order valence-corrected chi connectivity index (χ0v) is 14.7. The zero-order chi connectivity index (χ0) is 15.9. The number of hydrazone groups is 1. The standard InChI is InChI=1S/C16H14ClIN2O2/c1-11(22-15-7-5-13(17)6-8-15)16(21)20-19-10-12-3-2-4-14(18)9-12/h2-11H,1H3,(H,20,21)/t11-/m1/s1. The zero-order valence-electron chi connectivity index (χ0n) is 11.8. The first kappa shape index (κ1) is 16.8. The first-order valence-corrected chi connectivity index (χ1v) is 8.01. The molecular formula is C16H14ClIN2O2. The summed E-state index contributed by atoms with van der Waals surface area (Å²) in [6.07, 6.45) is 0.934. The molecule has 2 rings (SSSR count). The van der Waals surface area contributed by atoms with Crippen LogP contribution in [0.1, 0.15) is 12.5 Å². The van der Waals surface area contributed by atoms with Crippen molar-refractivity contribution < 1.29 is 9.53 Å². The van der Waals surface area contributed by atoms with E-state index in [-0.39, 0.29) is 5.91 Å². The Balaban J connectivity index is 1.87. The topological polar surface area (TPSA) is 50.7 Å². The second-order valence-electron chi connectivity index (χ2n) is 4.50. The van der Waals surface area contributed by atoms with Crippen LogP contribution in [0.5, 0.6) is 5.75 Å². The van der Waals surface area contributed by atoms with Crippen LogP contribution in [0.4, 0.5) is 0 Å². The summed E-state index contributed by atoms with van der Waals surface area (Å²) in [6, 6.07) is 14.6. The van der Waals surface area contributed by atoms with Crippen molar-refractivity contribution in [2.45, 2.75) is 13.0 Å². The van der Waals surface area contributed by atoms with Crippen LogP contribution in [-0.4, -0.2) is 18.2 Å². The molecule has 6 heteroatoms. The molecule has 1 N–H and O–H groups in total. The van der Waals surface area contributed by atoms with Gasteiger partial charge in [-0.2, -0.15) is 5.10 Å². The third kappa shape index (κ3) is 5.31. The molecule has 0 saturated carbocycles. The number of hydrogen-bond donors (Lipinski definition) is 1. The quantitative estimate of drug-likeness (QED) is 0.447. The van der Waals surface area contributed by atoms with Gasteiger partial charge in [0.1, 0.15) is 5.75 Å². The molecule has 0 fully saturated rings. The molecular weight excluding hydrogens is 415 g/mol. The Morgan fingerprint density at radius 2 is 2.05 bits per heavy atom. The molecule has 2 aromatic carbocycles. The Morgan fingerprint density at radius 1 is 1.32 bits per heavy atom. The summed E-state index contributed by atoms with van der Waals surface area (Å²) in [4.78, 5) is 11.9. The Hall–Kier alpha value is -1.60. The van der Waals surface area contributed by atoms with E-state index in [4.69, 9.17) is 16.3 Å². The third-order valence-electron chi connectivity index (χ3n) is 2.73. The minimum absolute atomic E-state index is 0.322. The average Bonchev–Trinajstić information content (AvgIpc) is 2.49. The largest absolute Gasteiger partial charge is 0.481 e. The Labute approximate surface area is 147 Å². The predicted octanol–water partition coefficient (Wildman–Crippen LogP) is 3.86. The molecule has 0 aromatic heterocycles. The van der Waals surface area contributed by atoms with E-state index in [0.29, 0.717) is 10.8 Å². The van der Waals surface area contributed by atoms with Gasteiger partial charge in [0.15, 0.2) is 6.10 Å². The van der Waals surface area contributed by atoms with Crippen molar-refractivity contribution in [3.8, 4) is 5.75 Å². The third-order valence-corrected chi connectivity index (χ3v) is 3.66. The van der Waals surface area contributed by atoms with Gasteiger partial charge in [-0.25, -0.2) is 5.43 Å². The number of nitrogens with one attached hydrogen (secondary N) is 1. The van der Waals surface area contributed by atoms with Crippen LogP contribution in [0.3, 0.4) is 0 Å². The van der Waals surface area contributed by atoms with Gasteiger partial charge in [0, 0.05) is 8.59 Å². The fourth-order valence-electron chi connectivity index (χ4n) is 1.62. The lowest BCUT2D eigenvalue weighted by molar-refractivity contribution is -0.127. The van der Waals surface area contributed by atoms with Crippen molar-refractivity contribution in [2.24, 2.45) is 5.10 Å². The lowest BCUT2D eigenvalue weighted by Crippen LogP contribution is -2.33. The highest BCUT2D eigenvalue weighted by molar-refractivity contribution is 14.1. The summed E-state index contributed by atoms with van der Waals surface area (Å²) in [5, 5.41) is 4.55. The van der Waals surface area contributed by atoms with E-state index < -0.39 is 6.10 Å². The van der Waals surface area contributed by atoms with Gasteiger partial charge in [-0.15, -0.1) is 0 Å². The minimum Gasteiger partial charge on any atom is -0.481 e. The van der Waals surface area contributed by atoms with E-state index in [2.05, 4.69) is 33.1 Å². The van der Waals surface area contributed by atoms with E-state index in [9.17, 15) is 4.79 Å². The van der Waals surface area contributed by atoms with E-state index in [0.717, 1.165) is 9.13 Å². The van der Waals surface area contributed by atoms with Crippen molar-refractivity contribution in [1.29, 1.82) is 0 Å². The normalized spacial score (nSPS) is 12.1. The molecule has 0 spiro atoms. The molecule has 1 amide bonds. The van der Waals surface area contributed by atoms with Crippen molar-refractivity contribution in [3.05, 3.63) is 62.7 Å². The number of nitrogens with zero attached hydrogens (tertiary/aromatic N) is 1. The fourth-order valence-corrected chi connectivity index (χ4v) is 2.31. The molecule has 0 unspecified atom stereocenters. The number of hydrogen-bond acceptors (Lipinski definition) is 3. The Kier molecular flexibility index (Phi) is 6.21. The number of benzene rings is 2. The summed E-state index contributed by atoms with van der Waals surface area (Å²) in [5.74, 6) is 0.255. The summed E-state index contributed by atoms with van der Waals surface area (Å²) < 4.78 is 6.61. The lowest BCUT2D eigenvalue weighted by atomic mass is 10.2. The van der Waals surface area contributed by atoms with E-state index in [1.165, 1.54) is 0 Å². The molecule has 2 aromatic rings. The Bertz CT molecular complexity index is 674. The first-order valence-electron chi connectivity index (χ1n) is 6.55. The average molecular weight is 429 g/mol. The molecule has 0 bridgehead atoms. The van der Waals surface area contributed by atoms with E-state index >= 15 is 0 Å². The smallest absolute Gasteiger partial charge is 0.280 e. The van der Waals surface area contributed by atoms with Gasteiger partial charge >= 0.3 is 0 Å². The highest BCUT2D eigenvalue weighted by Gasteiger charge is 2.13. The SMILES string of the molecule is C[C@@H](Oc1ccc(Cl)cc1)C(=O)NN=Cc1cccc(I)c1. The van der Waals surface area contributed by atoms with Gasteiger partial charge in [-0.1, -0.05) is 23.7 Å². The highest BCUT2D eigenvalue weighted by Crippen LogP contribution is 2.16. The number of ether oxygens (including phenoxy) is 1. The minimum atomic E-state index is -0.658. The second-order valence-corrected chi connectivity index (χ2v) is 6.19. The van der Waals surface area contributed by atoms with Crippen LogP contribution in [-0.2, 0) is 4.79 Å². The molecule has 0 heterocycles. The van der Waals surface area contributed by atoms with Gasteiger partial charge < -0.3 is 4.74 Å². The maximum Gasteiger partial charge on any atom is 0.280 e. The van der Waals surface area contributed by atoms with Gasteiger partial charge in [-0.05, 0) is 71.5 Å². The number of carbonyl (C=O) groups excluding carboxylic acids is 1. The summed E-state index contributed by atoms with van der Waals surface area (Å²) in [7, 11) is 0. The molecule has 114 valence electrons. The number of rotatable bonds is 5. The van der Waals surface area contributed by atoms with Crippen molar-refractivity contribution >= 4 is 46.3 Å². The number of amides is 1. The molecule has 4 nitrogen and oxygen atoms in total. The molecule has 0 radical (unpaired) electrons. The highest BCUT2D eigenvalue weighted by atomic mass is 127. The van der Waals surface area contributed by atoms with Gasteiger partial charge in [0.05, 0.1) is 6.21 Å². The number of halogens is 2. The molecule has 22 heavy (non-hydrogen) atoms. The molecule has 0 aliphatic rings. The van der Waals surface area contributed by atoms with Crippen LogP contribution in [0.25, 0.3) is 0 Å². The summed E-state index contributed by atoms with van der Waals surface area (Å²) >= 11 is 8.01. The first-order chi connectivity index (χ1) is 10.5. The van der Waals surface area contributed by atoms with Crippen LogP contribution in [0.2, 0.25) is 5.02 Å². The fraction of sp³-hybridized carbons (Fsp3) is 0.125. The van der Waals surface area contributed by atoms with Crippen LogP contribution >= 0.6 is 34.2 Å². The lowest BCUT2D eigenvalue weighted by Gasteiger charge is -2.12. The number of carbonyl (C=O) groups is 1. The van der Waals surface area contributed by atoms with Gasteiger partial charge in [0.25, 0.3) is 5.91 Å². The Morgan fingerprint density at radius 3 is 2.73 bits per heavy atom. The van der Waals surface area contributed by atoms with Gasteiger partial charge in [0.2, 0.25) is 0 Å². The maximum atomic E-state index is 11.9. The molecule has 0 aliphatic carbocycles. The van der Waals surface area contributed by atoms with E-state index in [1.54, 1.807) is 37.4 Å². The molecule has 0 saturated heterocycles. The monoisotopic (exact) mass is 428 g/mol. The maximum absolute atomic E-state index is 11.9. The van der Waals surface area contributed by atoms with Crippen molar-refractivity contribution in [1.82, 2.24) is 5.43 Å². The molecule has 0 aliphatic heterocycles. The van der Waals surface area contributed by atoms with Crippen molar-refractivity contribution in [3.63, 3.8) is 0 Å². The van der Waals surface area contributed by atoms with Gasteiger partial charge in [-0.3, -0.25) is 4.79 Å².